The lowest BCUT2D eigenvalue weighted by Crippen LogP contribution is -2.25. The third-order valence-corrected chi connectivity index (χ3v) is 2.30. The Kier molecular flexibility index (Phi) is 2.79. The van der Waals surface area contributed by atoms with Crippen LogP contribution in [-0.4, -0.2) is 19.1 Å². The van der Waals surface area contributed by atoms with Gasteiger partial charge in [0.25, 0.3) is 0 Å². The highest BCUT2D eigenvalue weighted by atomic mass is 16.5. The standard InChI is InChI=1S/C11H13NO2/c13-11-6-7-14-10(8-12-11)9-4-2-1-3-5-9/h1-5,10H,6-8H2,(H,12,13). The summed E-state index contributed by atoms with van der Waals surface area (Å²) in [5, 5.41) is 2.83. The number of rotatable bonds is 1. The summed E-state index contributed by atoms with van der Waals surface area (Å²) in [6.45, 7) is 1.08. The van der Waals surface area contributed by atoms with Crippen LogP contribution in [0.3, 0.4) is 0 Å². The SMILES string of the molecule is O=C1CCOC(c2ccccc2)CN1. The Bertz CT molecular complexity index is 310. The molecule has 1 saturated heterocycles. The van der Waals surface area contributed by atoms with Crippen molar-refractivity contribution in [3.05, 3.63) is 35.9 Å². The minimum Gasteiger partial charge on any atom is -0.371 e. The van der Waals surface area contributed by atoms with E-state index in [0.717, 1.165) is 5.56 Å². The molecule has 1 fully saturated rings. The van der Waals surface area contributed by atoms with E-state index < -0.39 is 0 Å². The molecule has 3 heteroatoms. The summed E-state index contributed by atoms with van der Waals surface area (Å²) < 4.78 is 5.58. The Labute approximate surface area is 83.1 Å². The molecule has 1 heterocycles. The van der Waals surface area contributed by atoms with Gasteiger partial charge in [-0.1, -0.05) is 30.3 Å². The topological polar surface area (TPSA) is 38.3 Å². The second kappa shape index (κ2) is 4.24. The minimum atomic E-state index is 0.00245. The van der Waals surface area contributed by atoms with Gasteiger partial charge in [0, 0.05) is 13.0 Å². The van der Waals surface area contributed by atoms with Crippen molar-refractivity contribution in [3.63, 3.8) is 0 Å². The lowest BCUT2D eigenvalue weighted by atomic mass is 10.1. The highest BCUT2D eigenvalue weighted by molar-refractivity contribution is 5.76. The van der Waals surface area contributed by atoms with Crippen LogP contribution < -0.4 is 5.32 Å². The van der Waals surface area contributed by atoms with Crippen molar-refractivity contribution in [2.45, 2.75) is 12.5 Å². The Morgan fingerprint density at radius 3 is 2.86 bits per heavy atom. The lowest BCUT2D eigenvalue weighted by Gasteiger charge is -2.14. The van der Waals surface area contributed by atoms with E-state index in [1.165, 1.54) is 0 Å². The third-order valence-electron chi connectivity index (χ3n) is 2.30. The van der Waals surface area contributed by atoms with Crippen molar-refractivity contribution in [2.24, 2.45) is 0 Å². The van der Waals surface area contributed by atoms with Gasteiger partial charge >= 0.3 is 0 Å². The van der Waals surface area contributed by atoms with Crippen LogP contribution in [0.15, 0.2) is 30.3 Å². The Morgan fingerprint density at radius 1 is 1.29 bits per heavy atom. The van der Waals surface area contributed by atoms with E-state index in [1.54, 1.807) is 0 Å². The van der Waals surface area contributed by atoms with Gasteiger partial charge in [0.1, 0.15) is 0 Å². The fourth-order valence-electron chi connectivity index (χ4n) is 1.53. The van der Waals surface area contributed by atoms with Gasteiger partial charge in [-0.3, -0.25) is 4.79 Å². The number of carbonyl (C=O) groups is 1. The molecule has 1 aromatic rings. The van der Waals surface area contributed by atoms with Gasteiger partial charge < -0.3 is 10.1 Å². The zero-order valence-electron chi connectivity index (χ0n) is 7.90. The van der Waals surface area contributed by atoms with Crippen LogP contribution >= 0.6 is 0 Å². The highest BCUT2D eigenvalue weighted by Crippen LogP contribution is 2.17. The molecule has 0 bridgehead atoms. The molecular formula is C11H13NO2. The van der Waals surface area contributed by atoms with E-state index in [4.69, 9.17) is 4.74 Å². The molecule has 74 valence electrons. The van der Waals surface area contributed by atoms with Crippen LogP contribution in [-0.2, 0) is 9.53 Å². The van der Waals surface area contributed by atoms with Gasteiger partial charge in [-0.25, -0.2) is 0 Å². The summed E-state index contributed by atoms with van der Waals surface area (Å²) in [5.74, 6) is 0.0726. The normalized spacial score (nSPS) is 22.6. The van der Waals surface area contributed by atoms with Crippen LogP contribution in [0.5, 0.6) is 0 Å². The fourth-order valence-corrected chi connectivity index (χ4v) is 1.53. The number of benzene rings is 1. The predicted molar refractivity (Wildman–Crippen MR) is 52.8 cm³/mol. The Balaban J connectivity index is 2.08. The van der Waals surface area contributed by atoms with Gasteiger partial charge in [0.05, 0.1) is 12.7 Å². The molecule has 0 spiro atoms. The number of carbonyl (C=O) groups excluding carboxylic acids is 1. The van der Waals surface area contributed by atoms with Crippen molar-refractivity contribution in [1.82, 2.24) is 5.32 Å². The number of ether oxygens (including phenoxy) is 1. The number of hydrogen-bond acceptors (Lipinski definition) is 2. The summed E-state index contributed by atoms with van der Waals surface area (Å²) in [7, 11) is 0. The molecule has 14 heavy (non-hydrogen) atoms. The number of hydrogen-bond donors (Lipinski definition) is 1. The molecule has 1 aromatic carbocycles. The van der Waals surface area contributed by atoms with Crippen LogP contribution in [0.25, 0.3) is 0 Å². The molecule has 1 aliphatic heterocycles. The molecule has 1 unspecified atom stereocenters. The van der Waals surface area contributed by atoms with Crippen molar-refractivity contribution < 1.29 is 9.53 Å². The minimum absolute atomic E-state index is 0.00245. The molecular weight excluding hydrogens is 178 g/mol. The van der Waals surface area contributed by atoms with E-state index in [0.29, 0.717) is 19.6 Å². The molecule has 1 N–H and O–H groups in total. The largest absolute Gasteiger partial charge is 0.371 e. The Morgan fingerprint density at radius 2 is 2.07 bits per heavy atom. The van der Waals surface area contributed by atoms with Crippen molar-refractivity contribution in [3.8, 4) is 0 Å². The predicted octanol–water partition coefficient (Wildman–Crippen LogP) is 1.26. The fraction of sp³-hybridized carbons (Fsp3) is 0.364. The van der Waals surface area contributed by atoms with Gasteiger partial charge in [0.15, 0.2) is 0 Å². The second-order valence-electron chi connectivity index (χ2n) is 3.32. The maximum atomic E-state index is 11.1. The van der Waals surface area contributed by atoms with Crippen LogP contribution in [0.2, 0.25) is 0 Å². The van der Waals surface area contributed by atoms with Gasteiger partial charge in [-0.2, -0.15) is 0 Å². The summed E-state index contributed by atoms with van der Waals surface area (Å²) >= 11 is 0. The maximum Gasteiger partial charge on any atom is 0.222 e. The first-order chi connectivity index (χ1) is 6.86. The Hall–Kier alpha value is -1.35. The smallest absolute Gasteiger partial charge is 0.222 e. The molecule has 3 nitrogen and oxygen atoms in total. The molecule has 1 atom stereocenters. The van der Waals surface area contributed by atoms with Gasteiger partial charge in [-0.05, 0) is 5.56 Å². The molecule has 2 rings (SSSR count). The second-order valence-corrected chi connectivity index (χ2v) is 3.32. The summed E-state index contributed by atoms with van der Waals surface area (Å²) in [5.41, 5.74) is 1.12. The molecule has 0 aliphatic carbocycles. The maximum absolute atomic E-state index is 11.1. The van der Waals surface area contributed by atoms with Crippen molar-refractivity contribution in [1.29, 1.82) is 0 Å². The number of nitrogens with one attached hydrogen (secondary N) is 1. The summed E-state index contributed by atoms with van der Waals surface area (Å²) in [6, 6.07) is 9.96. The first kappa shape index (κ1) is 9.21. The third kappa shape index (κ3) is 2.12. The highest BCUT2D eigenvalue weighted by Gasteiger charge is 2.17. The average Bonchev–Trinajstić information content (AvgIpc) is 2.44. The van der Waals surface area contributed by atoms with Crippen LogP contribution in [0.1, 0.15) is 18.1 Å². The van der Waals surface area contributed by atoms with E-state index in [1.807, 2.05) is 30.3 Å². The van der Waals surface area contributed by atoms with E-state index >= 15 is 0 Å². The molecule has 1 aliphatic rings. The molecule has 1 amide bonds. The summed E-state index contributed by atoms with van der Waals surface area (Å²) in [4.78, 5) is 11.1. The molecule has 0 saturated carbocycles. The average molecular weight is 191 g/mol. The summed E-state index contributed by atoms with van der Waals surface area (Å²) in [6.07, 6.45) is 0.464. The zero-order chi connectivity index (χ0) is 9.80. The first-order valence-corrected chi connectivity index (χ1v) is 4.79. The van der Waals surface area contributed by atoms with Crippen molar-refractivity contribution in [2.75, 3.05) is 13.2 Å². The molecule has 0 aromatic heterocycles. The lowest BCUT2D eigenvalue weighted by molar-refractivity contribution is -0.120. The van der Waals surface area contributed by atoms with E-state index in [-0.39, 0.29) is 12.0 Å². The van der Waals surface area contributed by atoms with E-state index in [9.17, 15) is 4.79 Å². The van der Waals surface area contributed by atoms with Crippen LogP contribution in [0.4, 0.5) is 0 Å². The first-order valence-electron chi connectivity index (χ1n) is 4.79. The van der Waals surface area contributed by atoms with Crippen molar-refractivity contribution >= 4 is 5.91 Å². The van der Waals surface area contributed by atoms with Gasteiger partial charge in [-0.15, -0.1) is 0 Å². The monoisotopic (exact) mass is 191 g/mol. The van der Waals surface area contributed by atoms with Gasteiger partial charge in [0.2, 0.25) is 5.91 Å². The zero-order valence-corrected chi connectivity index (χ0v) is 7.90. The van der Waals surface area contributed by atoms with E-state index in [2.05, 4.69) is 5.32 Å². The quantitative estimate of drug-likeness (QED) is 0.725. The van der Waals surface area contributed by atoms with Crippen LogP contribution in [0, 0.1) is 0 Å². The number of amides is 1. The molecule has 0 radical (unpaired) electrons.